The number of rotatable bonds is 6. The summed E-state index contributed by atoms with van der Waals surface area (Å²) in [6, 6.07) is 5.93. The molecule has 1 aromatic heterocycles. The van der Waals surface area contributed by atoms with Gasteiger partial charge in [0.2, 0.25) is 0 Å². The van der Waals surface area contributed by atoms with Crippen molar-refractivity contribution in [3.8, 4) is 22.8 Å². The topological polar surface area (TPSA) is 65.4 Å². The van der Waals surface area contributed by atoms with Crippen molar-refractivity contribution >= 4 is 5.82 Å². The maximum Gasteiger partial charge on any atom is 0.349 e. The molecule has 6 heteroatoms. The Morgan fingerprint density at radius 2 is 1.93 bits per heavy atom. The van der Waals surface area contributed by atoms with Crippen molar-refractivity contribution in [3.63, 3.8) is 0 Å². The summed E-state index contributed by atoms with van der Waals surface area (Å²) in [7, 11) is 3.26. The number of aryl methyl sites for hydroxylation is 1. The SMILES string of the molecule is COc1cc2c(cc1OC)-c1cc(NCCC3=CCCCC3)nc(=O)n1CC2. The molecule has 0 saturated heterocycles. The lowest BCUT2D eigenvalue weighted by Gasteiger charge is -2.23. The van der Waals surface area contributed by atoms with Crippen LogP contribution in [0.25, 0.3) is 11.3 Å². The second-order valence-corrected chi connectivity index (χ2v) is 7.36. The Labute approximate surface area is 165 Å². The van der Waals surface area contributed by atoms with E-state index in [0.29, 0.717) is 23.9 Å². The van der Waals surface area contributed by atoms with Crippen LogP contribution in [-0.2, 0) is 13.0 Å². The third-order valence-electron chi connectivity index (χ3n) is 5.64. The molecule has 0 radical (unpaired) electrons. The first-order valence-corrected chi connectivity index (χ1v) is 9.98. The van der Waals surface area contributed by atoms with Gasteiger partial charge in [-0.3, -0.25) is 4.57 Å². The Bertz CT molecular complexity index is 962. The fraction of sp³-hybridized carbons (Fsp3) is 0.455. The van der Waals surface area contributed by atoms with Crippen LogP contribution in [0.5, 0.6) is 11.5 Å². The molecule has 0 unspecified atom stereocenters. The lowest BCUT2D eigenvalue weighted by molar-refractivity contribution is 0.354. The quantitative estimate of drug-likeness (QED) is 0.772. The second kappa shape index (κ2) is 8.09. The second-order valence-electron chi connectivity index (χ2n) is 7.36. The van der Waals surface area contributed by atoms with Crippen LogP contribution in [0.15, 0.2) is 34.6 Å². The molecule has 2 aliphatic rings. The van der Waals surface area contributed by atoms with Crippen LogP contribution < -0.4 is 20.5 Å². The molecule has 2 aromatic rings. The van der Waals surface area contributed by atoms with Gasteiger partial charge in [0, 0.05) is 24.7 Å². The summed E-state index contributed by atoms with van der Waals surface area (Å²) in [5.74, 6) is 2.01. The van der Waals surface area contributed by atoms with Crippen LogP contribution in [0.2, 0.25) is 0 Å². The van der Waals surface area contributed by atoms with Gasteiger partial charge in [-0.15, -0.1) is 0 Å². The van der Waals surface area contributed by atoms with Crippen LogP contribution in [0, 0.1) is 0 Å². The Hall–Kier alpha value is -2.76. The Kier molecular flexibility index (Phi) is 5.37. The number of hydrogen-bond donors (Lipinski definition) is 1. The van der Waals surface area contributed by atoms with Crippen LogP contribution in [0.1, 0.15) is 37.7 Å². The Balaban J connectivity index is 1.61. The third-order valence-corrected chi connectivity index (χ3v) is 5.64. The Morgan fingerprint density at radius 3 is 2.68 bits per heavy atom. The van der Waals surface area contributed by atoms with Gasteiger partial charge in [0.05, 0.1) is 19.9 Å². The number of allylic oxidation sites excluding steroid dienone is 1. The average molecular weight is 381 g/mol. The molecule has 6 nitrogen and oxygen atoms in total. The zero-order valence-electron chi connectivity index (χ0n) is 16.6. The summed E-state index contributed by atoms with van der Waals surface area (Å²) in [6.45, 7) is 1.41. The maximum absolute atomic E-state index is 12.6. The van der Waals surface area contributed by atoms with Gasteiger partial charge in [-0.2, -0.15) is 4.98 Å². The molecule has 0 atom stereocenters. The van der Waals surface area contributed by atoms with E-state index < -0.39 is 0 Å². The zero-order chi connectivity index (χ0) is 19.5. The highest BCUT2D eigenvalue weighted by molar-refractivity contribution is 5.71. The lowest BCUT2D eigenvalue weighted by Crippen LogP contribution is -2.29. The minimum atomic E-state index is -0.211. The van der Waals surface area contributed by atoms with Crippen LogP contribution in [0.3, 0.4) is 0 Å². The van der Waals surface area contributed by atoms with Crippen molar-refractivity contribution in [1.29, 1.82) is 0 Å². The molecule has 0 saturated carbocycles. The van der Waals surface area contributed by atoms with Gasteiger partial charge < -0.3 is 14.8 Å². The summed E-state index contributed by atoms with van der Waals surface area (Å²) in [6.07, 6.45) is 9.09. The molecule has 1 aromatic carbocycles. The van der Waals surface area contributed by atoms with Gasteiger partial charge in [-0.1, -0.05) is 11.6 Å². The van der Waals surface area contributed by atoms with E-state index in [0.717, 1.165) is 36.2 Å². The smallest absolute Gasteiger partial charge is 0.349 e. The van der Waals surface area contributed by atoms with Gasteiger partial charge in [-0.25, -0.2) is 4.79 Å². The zero-order valence-corrected chi connectivity index (χ0v) is 16.6. The number of aromatic nitrogens is 2. The Morgan fingerprint density at radius 1 is 1.11 bits per heavy atom. The van der Waals surface area contributed by atoms with Gasteiger partial charge >= 0.3 is 5.69 Å². The largest absolute Gasteiger partial charge is 0.493 e. The van der Waals surface area contributed by atoms with Crippen molar-refractivity contribution < 1.29 is 9.47 Å². The molecule has 2 heterocycles. The molecule has 0 bridgehead atoms. The molecule has 0 amide bonds. The molecule has 1 N–H and O–H groups in total. The molecular weight excluding hydrogens is 354 g/mol. The molecular formula is C22H27N3O3. The highest BCUT2D eigenvalue weighted by Crippen LogP contribution is 2.38. The number of benzene rings is 1. The number of methoxy groups -OCH3 is 2. The highest BCUT2D eigenvalue weighted by Gasteiger charge is 2.21. The first-order chi connectivity index (χ1) is 13.7. The monoisotopic (exact) mass is 381 g/mol. The number of hydrogen-bond acceptors (Lipinski definition) is 5. The van der Waals surface area contributed by atoms with E-state index in [9.17, 15) is 4.79 Å². The first-order valence-electron chi connectivity index (χ1n) is 9.98. The summed E-state index contributed by atoms with van der Waals surface area (Å²) in [5, 5.41) is 3.34. The molecule has 4 rings (SSSR count). The van der Waals surface area contributed by atoms with Crippen LogP contribution in [0.4, 0.5) is 5.82 Å². The van der Waals surface area contributed by atoms with Gasteiger partial charge in [0.15, 0.2) is 11.5 Å². The lowest BCUT2D eigenvalue weighted by atomic mass is 9.96. The molecule has 0 spiro atoms. The average Bonchev–Trinajstić information content (AvgIpc) is 2.73. The molecule has 148 valence electrons. The minimum Gasteiger partial charge on any atom is -0.493 e. The van der Waals surface area contributed by atoms with E-state index in [1.807, 2.05) is 18.2 Å². The fourth-order valence-electron chi connectivity index (χ4n) is 4.12. The molecule has 0 fully saturated rings. The van der Waals surface area contributed by atoms with Crippen LogP contribution >= 0.6 is 0 Å². The number of anilines is 1. The van der Waals surface area contributed by atoms with E-state index in [2.05, 4.69) is 16.4 Å². The molecule has 28 heavy (non-hydrogen) atoms. The van der Waals surface area contributed by atoms with Gasteiger partial charge in [0.1, 0.15) is 5.82 Å². The summed E-state index contributed by atoms with van der Waals surface area (Å²) in [5.41, 5.74) is 4.33. The van der Waals surface area contributed by atoms with E-state index >= 15 is 0 Å². The molecule has 1 aliphatic carbocycles. The van der Waals surface area contributed by atoms with Crippen molar-refractivity contribution in [3.05, 3.63) is 45.9 Å². The van der Waals surface area contributed by atoms with Crippen molar-refractivity contribution in [1.82, 2.24) is 9.55 Å². The number of nitrogens with one attached hydrogen (secondary N) is 1. The van der Waals surface area contributed by atoms with E-state index in [4.69, 9.17) is 9.47 Å². The summed E-state index contributed by atoms with van der Waals surface area (Å²) < 4.78 is 12.6. The first kappa shape index (κ1) is 18.6. The highest BCUT2D eigenvalue weighted by atomic mass is 16.5. The maximum atomic E-state index is 12.6. The number of fused-ring (bicyclic) bond motifs is 3. The van der Waals surface area contributed by atoms with Crippen molar-refractivity contribution in [2.45, 2.75) is 45.1 Å². The normalized spacial score (nSPS) is 15.3. The predicted molar refractivity (Wildman–Crippen MR) is 110 cm³/mol. The minimum absolute atomic E-state index is 0.211. The number of nitrogens with zero attached hydrogens (tertiary/aromatic N) is 2. The molecule has 1 aliphatic heterocycles. The van der Waals surface area contributed by atoms with Crippen molar-refractivity contribution in [2.24, 2.45) is 0 Å². The predicted octanol–water partition coefficient (Wildman–Crippen LogP) is 3.79. The van der Waals surface area contributed by atoms with Crippen LogP contribution in [-0.4, -0.2) is 30.3 Å². The standard InChI is InChI=1S/C22H27N3O3/c1-27-19-12-16-9-11-25-18(17(16)13-20(19)28-2)14-21(24-22(25)26)23-10-8-15-6-4-3-5-7-15/h6,12-14H,3-5,7-11H2,1-2H3,(H,23,24,26). The fourth-order valence-corrected chi connectivity index (χ4v) is 4.12. The van der Waals surface area contributed by atoms with Gasteiger partial charge in [0.25, 0.3) is 0 Å². The van der Waals surface area contributed by atoms with E-state index in [-0.39, 0.29) is 5.69 Å². The van der Waals surface area contributed by atoms with Crippen molar-refractivity contribution in [2.75, 3.05) is 26.1 Å². The van der Waals surface area contributed by atoms with Gasteiger partial charge in [-0.05, 0) is 56.2 Å². The number of ether oxygens (including phenoxy) is 2. The van der Waals surface area contributed by atoms with E-state index in [1.165, 1.54) is 31.3 Å². The summed E-state index contributed by atoms with van der Waals surface area (Å²) >= 11 is 0. The van der Waals surface area contributed by atoms with E-state index in [1.54, 1.807) is 18.8 Å². The summed E-state index contributed by atoms with van der Waals surface area (Å²) in [4.78, 5) is 16.8. The third kappa shape index (κ3) is 3.63.